The first-order valence-corrected chi connectivity index (χ1v) is 7.63. The van der Waals surface area contributed by atoms with E-state index in [1.165, 1.54) is 56.1 Å². The summed E-state index contributed by atoms with van der Waals surface area (Å²) in [5.74, 6) is 1.76. The molecule has 0 radical (unpaired) electrons. The van der Waals surface area contributed by atoms with E-state index in [1.807, 2.05) is 0 Å². The number of aryl methyl sites for hydroxylation is 1. The van der Waals surface area contributed by atoms with Crippen molar-refractivity contribution in [2.24, 2.45) is 11.8 Å². The fourth-order valence-electron chi connectivity index (χ4n) is 3.75. The van der Waals surface area contributed by atoms with E-state index >= 15 is 0 Å². The molecule has 0 saturated heterocycles. The van der Waals surface area contributed by atoms with Crippen molar-refractivity contribution in [3.63, 3.8) is 0 Å². The van der Waals surface area contributed by atoms with E-state index in [2.05, 4.69) is 37.3 Å². The highest BCUT2D eigenvalue weighted by Crippen LogP contribution is 2.37. The normalized spacial score (nSPS) is 22.2. The fourth-order valence-corrected chi connectivity index (χ4v) is 3.75. The molecule has 2 aliphatic carbocycles. The summed E-state index contributed by atoms with van der Waals surface area (Å²) in [5, 5.41) is 0. The predicted molar refractivity (Wildman–Crippen MR) is 78.5 cm³/mol. The zero-order chi connectivity index (χ0) is 12.4. The standard InChI is InChI=1S/C18H24/c1-14(15-7-3-2-4-8-15)17-12-11-16-9-5-6-10-18(16)13-17/h5-6,9-10,13-15H,2-4,7-8,11-12H2,1H3. The second kappa shape index (κ2) is 5.30. The Morgan fingerprint density at radius 3 is 2.61 bits per heavy atom. The minimum absolute atomic E-state index is 0.804. The van der Waals surface area contributed by atoms with Crippen molar-refractivity contribution in [1.29, 1.82) is 0 Å². The van der Waals surface area contributed by atoms with Gasteiger partial charge < -0.3 is 0 Å². The maximum atomic E-state index is 2.48. The van der Waals surface area contributed by atoms with E-state index in [4.69, 9.17) is 0 Å². The lowest BCUT2D eigenvalue weighted by Crippen LogP contribution is -2.18. The van der Waals surface area contributed by atoms with Gasteiger partial charge in [-0.05, 0) is 48.6 Å². The Balaban J connectivity index is 1.79. The molecule has 1 fully saturated rings. The van der Waals surface area contributed by atoms with Crippen LogP contribution in [0.2, 0.25) is 0 Å². The molecule has 0 amide bonds. The van der Waals surface area contributed by atoms with Crippen LogP contribution in [-0.4, -0.2) is 0 Å². The average Bonchev–Trinajstić information content (AvgIpc) is 2.47. The van der Waals surface area contributed by atoms with Gasteiger partial charge >= 0.3 is 0 Å². The van der Waals surface area contributed by atoms with Crippen molar-refractivity contribution in [2.45, 2.75) is 51.9 Å². The first kappa shape index (κ1) is 12.0. The van der Waals surface area contributed by atoms with Gasteiger partial charge in [-0.3, -0.25) is 0 Å². The summed E-state index contributed by atoms with van der Waals surface area (Å²) in [6, 6.07) is 8.90. The quantitative estimate of drug-likeness (QED) is 0.663. The van der Waals surface area contributed by atoms with E-state index in [-0.39, 0.29) is 0 Å². The van der Waals surface area contributed by atoms with Gasteiger partial charge in [-0.15, -0.1) is 0 Å². The molecular formula is C18H24. The lowest BCUT2D eigenvalue weighted by Gasteiger charge is -2.31. The molecule has 96 valence electrons. The van der Waals surface area contributed by atoms with Crippen LogP contribution in [0, 0.1) is 11.8 Å². The third-order valence-electron chi connectivity index (χ3n) is 5.02. The van der Waals surface area contributed by atoms with Crippen LogP contribution >= 0.6 is 0 Å². The van der Waals surface area contributed by atoms with Crippen LogP contribution in [0.5, 0.6) is 0 Å². The molecule has 0 aromatic heterocycles. The average molecular weight is 240 g/mol. The number of hydrogen-bond donors (Lipinski definition) is 0. The molecule has 3 rings (SSSR count). The van der Waals surface area contributed by atoms with E-state index in [0.29, 0.717) is 0 Å². The summed E-state index contributed by atoms with van der Waals surface area (Å²) < 4.78 is 0. The highest BCUT2D eigenvalue weighted by atomic mass is 14.3. The van der Waals surface area contributed by atoms with Crippen LogP contribution in [0.25, 0.3) is 6.08 Å². The van der Waals surface area contributed by atoms with E-state index in [9.17, 15) is 0 Å². The Bertz CT molecular complexity index is 435. The fraction of sp³-hybridized carbons (Fsp3) is 0.556. The molecule has 0 heterocycles. The van der Waals surface area contributed by atoms with Gasteiger partial charge in [0.05, 0.1) is 0 Å². The summed E-state index contributed by atoms with van der Waals surface area (Å²) in [6.07, 6.45) is 12.3. The smallest absolute Gasteiger partial charge is 0.0200 e. The molecule has 1 aromatic rings. The molecular weight excluding hydrogens is 216 g/mol. The van der Waals surface area contributed by atoms with Gasteiger partial charge in [0.15, 0.2) is 0 Å². The summed E-state index contributed by atoms with van der Waals surface area (Å²) in [6.45, 7) is 2.47. The lowest BCUT2D eigenvalue weighted by molar-refractivity contribution is 0.287. The number of rotatable bonds is 2. The maximum Gasteiger partial charge on any atom is -0.0200 e. The molecule has 1 aromatic carbocycles. The molecule has 18 heavy (non-hydrogen) atoms. The molecule has 0 heteroatoms. The Morgan fingerprint density at radius 1 is 1.00 bits per heavy atom. The van der Waals surface area contributed by atoms with Gasteiger partial charge in [-0.2, -0.15) is 0 Å². The van der Waals surface area contributed by atoms with Gasteiger partial charge in [-0.1, -0.05) is 62.1 Å². The second-order valence-corrected chi connectivity index (χ2v) is 6.10. The van der Waals surface area contributed by atoms with Crippen LogP contribution in [0.4, 0.5) is 0 Å². The zero-order valence-corrected chi connectivity index (χ0v) is 11.5. The maximum absolute atomic E-state index is 2.48. The number of benzene rings is 1. The van der Waals surface area contributed by atoms with E-state index in [0.717, 1.165) is 11.8 Å². The second-order valence-electron chi connectivity index (χ2n) is 6.10. The Kier molecular flexibility index (Phi) is 3.54. The Morgan fingerprint density at radius 2 is 1.78 bits per heavy atom. The topological polar surface area (TPSA) is 0 Å². The minimum atomic E-state index is 0.804. The largest absolute Gasteiger partial charge is 0.0662 e. The van der Waals surface area contributed by atoms with Crippen LogP contribution in [0.1, 0.15) is 56.6 Å². The van der Waals surface area contributed by atoms with E-state index in [1.54, 1.807) is 5.57 Å². The Hall–Kier alpha value is -1.04. The number of allylic oxidation sites excluding steroid dienone is 1. The van der Waals surface area contributed by atoms with Gasteiger partial charge in [0.2, 0.25) is 0 Å². The monoisotopic (exact) mass is 240 g/mol. The van der Waals surface area contributed by atoms with Gasteiger partial charge in [0, 0.05) is 0 Å². The van der Waals surface area contributed by atoms with Crippen LogP contribution < -0.4 is 0 Å². The van der Waals surface area contributed by atoms with Crippen molar-refractivity contribution >= 4 is 6.08 Å². The van der Waals surface area contributed by atoms with Crippen molar-refractivity contribution in [3.8, 4) is 0 Å². The van der Waals surface area contributed by atoms with Crippen molar-refractivity contribution in [3.05, 3.63) is 41.0 Å². The third kappa shape index (κ3) is 2.39. The number of hydrogen-bond acceptors (Lipinski definition) is 0. The molecule has 1 saturated carbocycles. The van der Waals surface area contributed by atoms with Crippen LogP contribution in [-0.2, 0) is 6.42 Å². The van der Waals surface area contributed by atoms with Crippen molar-refractivity contribution < 1.29 is 0 Å². The SMILES string of the molecule is CC(C1=Cc2ccccc2CC1)C1CCCCC1. The first-order chi connectivity index (χ1) is 8.84. The summed E-state index contributed by atoms with van der Waals surface area (Å²) >= 11 is 0. The molecule has 0 aliphatic heterocycles. The molecule has 2 aliphatic rings. The van der Waals surface area contributed by atoms with Crippen LogP contribution in [0.3, 0.4) is 0 Å². The van der Waals surface area contributed by atoms with Gasteiger partial charge in [0.25, 0.3) is 0 Å². The molecule has 0 bridgehead atoms. The summed E-state index contributed by atoms with van der Waals surface area (Å²) in [7, 11) is 0. The van der Waals surface area contributed by atoms with Crippen LogP contribution in [0.15, 0.2) is 29.8 Å². The highest BCUT2D eigenvalue weighted by molar-refractivity contribution is 5.59. The van der Waals surface area contributed by atoms with Gasteiger partial charge in [0.1, 0.15) is 0 Å². The van der Waals surface area contributed by atoms with Gasteiger partial charge in [-0.25, -0.2) is 0 Å². The molecule has 0 spiro atoms. The lowest BCUT2D eigenvalue weighted by atomic mass is 9.74. The highest BCUT2D eigenvalue weighted by Gasteiger charge is 2.24. The molecule has 1 unspecified atom stereocenters. The Labute approximate surface area is 111 Å². The number of fused-ring (bicyclic) bond motifs is 1. The molecule has 0 N–H and O–H groups in total. The first-order valence-electron chi connectivity index (χ1n) is 7.63. The molecule has 1 atom stereocenters. The van der Waals surface area contributed by atoms with E-state index < -0.39 is 0 Å². The molecule has 0 nitrogen and oxygen atoms in total. The summed E-state index contributed by atoms with van der Waals surface area (Å²) in [4.78, 5) is 0. The van der Waals surface area contributed by atoms with Crippen molar-refractivity contribution in [1.82, 2.24) is 0 Å². The third-order valence-corrected chi connectivity index (χ3v) is 5.02. The summed E-state index contributed by atoms with van der Waals surface area (Å²) in [5.41, 5.74) is 4.72. The van der Waals surface area contributed by atoms with Crippen molar-refractivity contribution in [2.75, 3.05) is 0 Å². The zero-order valence-electron chi connectivity index (χ0n) is 11.5. The minimum Gasteiger partial charge on any atom is -0.0662 e. The predicted octanol–water partition coefficient (Wildman–Crippen LogP) is 5.23.